The van der Waals surface area contributed by atoms with Crippen molar-refractivity contribution in [3.63, 3.8) is 0 Å². The van der Waals surface area contributed by atoms with E-state index in [0.29, 0.717) is 11.3 Å². The second-order valence-electron chi connectivity index (χ2n) is 6.17. The second kappa shape index (κ2) is 7.29. The van der Waals surface area contributed by atoms with Gasteiger partial charge in [-0.3, -0.25) is 9.59 Å². The summed E-state index contributed by atoms with van der Waals surface area (Å²) in [4.78, 5) is 24.8. The van der Waals surface area contributed by atoms with E-state index in [9.17, 15) is 9.59 Å². The Morgan fingerprint density at radius 3 is 2.44 bits per heavy atom. The fourth-order valence-electron chi connectivity index (χ4n) is 3.02. The molecule has 1 heterocycles. The van der Waals surface area contributed by atoms with E-state index >= 15 is 0 Å². The standard InChI is InChI=1S/C22H15BrN2O2/c23-17-10-8-16(9-11-17)21(26)14-25-22(27)13-12-20(24-25)19-7-3-5-15-4-1-2-6-18(15)19/h1-13H,14H2. The summed E-state index contributed by atoms with van der Waals surface area (Å²) >= 11 is 3.35. The van der Waals surface area contributed by atoms with Crippen LogP contribution in [0.1, 0.15) is 10.4 Å². The molecule has 0 radical (unpaired) electrons. The van der Waals surface area contributed by atoms with Crippen LogP contribution in [0.4, 0.5) is 0 Å². The van der Waals surface area contributed by atoms with Crippen LogP contribution in [0.5, 0.6) is 0 Å². The van der Waals surface area contributed by atoms with Gasteiger partial charge in [0, 0.05) is 21.7 Å². The average Bonchev–Trinajstić information content (AvgIpc) is 2.70. The number of aromatic nitrogens is 2. The molecular weight excluding hydrogens is 404 g/mol. The Morgan fingerprint density at radius 2 is 1.63 bits per heavy atom. The first-order valence-corrected chi connectivity index (χ1v) is 9.26. The third kappa shape index (κ3) is 3.59. The van der Waals surface area contributed by atoms with Crippen LogP contribution in [0.25, 0.3) is 22.0 Å². The highest BCUT2D eigenvalue weighted by Gasteiger charge is 2.11. The molecule has 0 saturated carbocycles. The fourth-order valence-corrected chi connectivity index (χ4v) is 3.28. The van der Waals surface area contributed by atoms with Crippen molar-refractivity contribution in [3.8, 4) is 11.3 Å². The van der Waals surface area contributed by atoms with Crippen LogP contribution in [0.15, 0.2) is 88.1 Å². The van der Waals surface area contributed by atoms with Gasteiger partial charge in [-0.2, -0.15) is 5.10 Å². The van der Waals surface area contributed by atoms with E-state index in [-0.39, 0.29) is 17.9 Å². The van der Waals surface area contributed by atoms with Crippen LogP contribution in [-0.2, 0) is 6.54 Å². The van der Waals surface area contributed by atoms with Gasteiger partial charge in [0.25, 0.3) is 5.56 Å². The Kier molecular flexibility index (Phi) is 4.69. The largest absolute Gasteiger partial charge is 0.292 e. The number of hydrogen-bond acceptors (Lipinski definition) is 3. The maximum Gasteiger partial charge on any atom is 0.267 e. The van der Waals surface area contributed by atoms with Crippen molar-refractivity contribution in [2.45, 2.75) is 6.54 Å². The summed E-state index contributed by atoms with van der Waals surface area (Å²) in [5, 5.41) is 6.60. The molecule has 4 aromatic rings. The number of carbonyl (C=O) groups is 1. The van der Waals surface area contributed by atoms with Gasteiger partial charge in [-0.15, -0.1) is 0 Å². The van der Waals surface area contributed by atoms with Crippen LogP contribution in [0.3, 0.4) is 0 Å². The molecule has 0 aliphatic rings. The van der Waals surface area contributed by atoms with Gasteiger partial charge in [0.05, 0.1) is 5.69 Å². The molecular formula is C22H15BrN2O2. The minimum absolute atomic E-state index is 0.0981. The zero-order valence-corrected chi connectivity index (χ0v) is 15.9. The Labute approximate surface area is 164 Å². The van der Waals surface area contributed by atoms with E-state index in [1.165, 1.54) is 10.7 Å². The van der Waals surface area contributed by atoms with Crippen molar-refractivity contribution in [1.29, 1.82) is 0 Å². The first-order valence-electron chi connectivity index (χ1n) is 8.47. The molecule has 0 saturated heterocycles. The van der Waals surface area contributed by atoms with Crippen molar-refractivity contribution in [1.82, 2.24) is 9.78 Å². The Hall–Kier alpha value is -3.05. The van der Waals surface area contributed by atoms with Crippen molar-refractivity contribution >= 4 is 32.5 Å². The highest BCUT2D eigenvalue weighted by atomic mass is 79.9. The molecule has 3 aromatic carbocycles. The molecule has 27 heavy (non-hydrogen) atoms. The SMILES string of the molecule is O=C(Cn1nc(-c2cccc3ccccc23)ccc1=O)c1ccc(Br)cc1. The van der Waals surface area contributed by atoms with Gasteiger partial charge < -0.3 is 0 Å². The maximum atomic E-state index is 12.5. The smallest absolute Gasteiger partial charge is 0.267 e. The van der Waals surface area contributed by atoms with Crippen LogP contribution in [0.2, 0.25) is 0 Å². The molecule has 0 spiro atoms. The van der Waals surface area contributed by atoms with Gasteiger partial charge >= 0.3 is 0 Å². The number of ketones is 1. The quantitative estimate of drug-likeness (QED) is 0.451. The number of nitrogens with zero attached hydrogens (tertiary/aromatic N) is 2. The normalized spacial score (nSPS) is 10.9. The van der Waals surface area contributed by atoms with Crippen molar-refractivity contribution in [2.24, 2.45) is 0 Å². The highest BCUT2D eigenvalue weighted by Crippen LogP contribution is 2.26. The lowest BCUT2D eigenvalue weighted by Crippen LogP contribution is -2.26. The summed E-state index contributed by atoms with van der Waals surface area (Å²) in [6.45, 7) is -0.0981. The number of benzene rings is 3. The van der Waals surface area contributed by atoms with Gasteiger partial charge in [-0.05, 0) is 29.0 Å². The molecule has 5 heteroatoms. The second-order valence-corrected chi connectivity index (χ2v) is 7.09. The van der Waals surface area contributed by atoms with E-state index < -0.39 is 0 Å². The lowest BCUT2D eigenvalue weighted by Gasteiger charge is -2.09. The van der Waals surface area contributed by atoms with Crippen molar-refractivity contribution in [2.75, 3.05) is 0 Å². The number of halogens is 1. The molecule has 0 fully saturated rings. The number of carbonyl (C=O) groups excluding carboxylic acids is 1. The van der Waals surface area contributed by atoms with E-state index in [4.69, 9.17) is 0 Å². The van der Waals surface area contributed by atoms with Gasteiger partial charge in [-0.1, -0.05) is 70.5 Å². The van der Waals surface area contributed by atoms with E-state index in [1.54, 1.807) is 30.3 Å². The number of hydrogen-bond donors (Lipinski definition) is 0. The predicted molar refractivity (Wildman–Crippen MR) is 110 cm³/mol. The first kappa shape index (κ1) is 17.4. The summed E-state index contributed by atoms with van der Waals surface area (Å²) in [5.74, 6) is -0.160. The third-order valence-electron chi connectivity index (χ3n) is 4.39. The molecule has 0 amide bonds. The number of rotatable bonds is 4. The van der Waals surface area contributed by atoms with Gasteiger partial charge in [-0.25, -0.2) is 4.68 Å². The van der Waals surface area contributed by atoms with Crippen LogP contribution >= 0.6 is 15.9 Å². The summed E-state index contributed by atoms with van der Waals surface area (Å²) in [6, 6.07) is 24.2. The lowest BCUT2D eigenvalue weighted by atomic mass is 10.0. The topological polar surface area (TPSA) is 52.0 Å². The van der Waals surface area contributed by atoms with E-state index in [0.717, 1.165) is 20.8 Å². The average molecular weight is 419 g/mol. The third-order valence-corrected chi connectivity index (χ3v) is 4.92. The Morgan fingerprint density at radius 1 is 0.889 bits per heavy atom. The van der Waals surface area contributed by atoms with Crippen LogP contribution in [0, 0.1) is 0 Å². The van der Waals surface area contributed by atoms with E-state index in [1.807, 2.05) is 42.5 Å². The highest BCUT2D eigenvalue weighted by molar-refractivity contribution is 9.10. The minimum atomic E-state index is -0.301. The molecule has 0 unspecified atom stereocenters. The molecule has 0 aliphatic heterocycles. The molecule has 4 rings (SSSR count). The Bertz CT molecular complexity index is 1190. The van der Waals surface area contributed by atoms with Crippen molar-refractivity contribution in [3.05, 3.63) is 99.3 Å². The van der Waals surface area contributed by atoms with Crippen molar-refractivity contribution < 1.29 is 4.79 Å². The minimum Gasteiger partial charge on any atom is -0.292 e. The zero-order valence-electron chi connectivity index (χ0n) is 14.3. The summed E-state index contributed by atoms with van der Waals surface area (Å²) in [6.07, 6.45) is 0. The first-order chi connectivity index (χ1) is 13.1. The fraction of sp³-hybridized carbons (Fsp3) is 0.0455. The Balaban J connectivity index is 1.72. The molecule has 0 aliphatic carbocycles. The zero-order chi connectivity index (χ0) is 18.8. The summed E-state index contributed by atoms with van der Waals surface area (Å²) in [5.41, 5.74) is 1.83. The van der Waals surface area contributed by atoms with Gasteiger partial charge in [0.2, 0.25) is 0 Å². The van der Waals surface area contributed by atoms with Gasteiger partial charge in [0.15, 0.2) is 5.78 Å². The summed E-state index contributed by atoms with van der Waals surface area (Å²) < 4.78 is 2.12. The van der Waals surface area contributed by atoms with Gasteiger partial charge in [0.1, 0.15) is 6.54 Å². The monoisotopic (exact) mass is 418 g/mol. The van der Waals surface area contributed by atoms with Crippen LogP contribution in [-0.4, -0.2) is 15.6 Å². The molecule has 1 aromatic heterocycles. The molecule has 0 bridgehead atoms. The molecule has 4 nitrogen and oxygen atoms in total. The van der Waals surface area contributed by atoms with Crippen LogP contribution < -0.4 is 5.56 Å². The summed E-state index contributed by atoms with van der Waals surface area (Å²) in [7, 11) is 0. The molecule has 0 atom stereocenters. The predicted octanol–water partition coefficient (Wildman–Crippen LogP) is 4.71. The maximum absolute atomic E-state index is 12.5. The number of fused-ring (bicyclic) bond motifs is 1. The van der Waals surface area contributed by atoms with E-state index in [2.05, 4.69) is 21.0 Å². The molecule has 0 N–H and O–H groups in total. The molecule has 132 valence electrons. The lowest BCUT2D eigenvalue weighted by molar-refractivity contribution is 0.0966. The number of Topliss-reactive ketones (excluding diaryl/α,β-unsaturated/α-hetero) is 1.